The van der Waals surface area contributed by atoms with Crippen molar-refractivity contribution >= 4 is 5.91 Å². The second-order valence-corrected chi connectivity index (χ2v) is 8.20. The first-order chi connectivity index (χ1) is 11.4. The SMILES string of the molecule is CC(=O)NC(NCC12CC3CC(CC(C3)C1)C2)(C(F)(F)F)C(F)(F)F. The summed E-state index contributed by atoms with van der Waals surface area (Å²) in [6.07, 6.45) is -6.29. The summed E-state index contributed by atoms with van der Waals surface area (Å²) in [4.78, 5) is 11.1. The van der Waals surface area contributed by atoms with Crippen LogP contribution in [0.4, 0.5) is 26.3 Å². The van der Waals surface area contributed by atoms with Crippen molar-refractivity contribution in [3.8, 4) is 0 Å². The molecule has 0 aromatic rings. The van der Waals surface area contributed by atoms with E-state index >= 15 is 0 Å². The van der Waals surface area contributed by atoms with Gasteiger partial charge in [0.15, 0.2) is 0 Å². The zero-order chi connectivity index (χ0) is 18.7. The quantitative estimate of drug-likeness (QED) is 0.583. The lowest BCUT2D eigenvalue weighted by Crippen LogP contribution is -2.76. The maximum absolute atomic E-state index is 13.4. The predicted octanol–water partition coefficient (Wildman–Crippen LogP) is 3.75. The minimum Gasteiger partial charge on any atom is -0.323 e. The van der Waals surface area contributed by atoms with E-state index in [1.807, 2.05) is 0 Å². The third-order valence-corrected chi connectivity index (χ3v) is 6.11. The lowest BCUT2D eigenvalue weighted by Gasteiger charge is -2.57. The Morgan fingerprint density at radius 3 is 1.64 bits per heavy atom. The van der Waals surface area contributed by atoms with Crippen LogP contribution >= 0.6 is 0 Å². The van der Waals surface area contributed by atoms with Gasteiger partial charge < -0.3 is 5.32 Å². The van der Waals surface area contributed by atoms with E-state index in [0.29, 0.717) is 43.9 Å². The van der Waals surface area contributed by atoms with Gasteiger partial charge in [0.25, 0.3) is 5.66 Å². The molecule has 144 valence electrons. The lowest BCUT2D eigenvalue weighted by atomic mass is 9.49. The lowest BCUT2D eigenvalue weighted by molar-refractivity contribution is -0.317. The van der Waals surface area contributed by atoms with Crippen LogP contribution in [0.5, 0.6) is 0 Å². The minimum absolute atomic E-state index is 0.393. The number of hydrogen-bond donors (Lipinski definition) is 2. The Morgan fingerprint density at radius 1 is 0.920 bits per heavy atom. The van der Waals surface area contributed by atoms with Crippen LogP contribution in [-0.4, -0.2) is 30.5 Å². The molecular weight excluding hydrogens is 350 g/mol. The van der Waals surface area contributed by atoms with Crippen molar-refractivity contribution in [2.75, 3.05) is 6.54 Å². The van der Waals surface area contributed by atoms with Crippen molar-refractivity contribution in [3.63, 3.8) is 0 Å². The number of hydrogen-bond acceptors (Lipinski definition) is 2. The Kier molecular flexibility index (Phi) is 4.33. The monoisotopic (exact) mass is 372 g/mol. The predicted molar refractivity (Wildman–Crippen MR) is 77.3 cm³/mol. The molecule has 4 bridgehead atoms. The smallest absolute Gasteiger partial charge is 0.323 e. The summed E-state index contributed by atoms with van der Waals surface area (Å²) in [6.45, 7) is 0.258. The van der Waals surface area contributed by atoms with Gasteiger partial charge >= 0.3 is 12.4 Å². The van der Waals surface area contributed by atoms with Gasteiger partial charge in [-0.3, -0.25) is 10.1 Å². The van der Waals surface area contributed by atoms with Crippen molar-refractivity contribution in [2.24, 2.45) is 23.2 Å². The van der Waals surface area contributed by atoms with Gasteiger partial charge in [-0.05, 0) is 61.7 Å². The highest BCUT2D eigenvalue weighted by Crippen LogP contribution is 2.60. The van der Waals surface area contributed by atoms with Crippen LogP contribution in [0.15, 0.2) is 0 Å². The van der Waals surface area contributed by atoms with E-state index in [9.17, 15) is 31.1 Å². The molecule has 4 fully saturated rings. The molecule has 1 amide bonds. The summed E-state index contributed by atoms with van der Waals surface area (Å²) in [7, 11) is 0. The Labute approximate surface area is 141 Å². The van der Waals surface area contributed by atoms with Gasteiger partial charge in [-0.1, -0.05) is 0 Å². The van der Waals surface area contributed by atoms with Gasteiger partial charge in [0.1, 0.15) is 0 Å². The summed E-state index contributed by atoms with van der Waals surface area (Å²) in [5, 5.41) is 2.83. The maximum Gasteiger partial charge on any atom is 0.434 e. The molecule has 0 radical (unpaired) electrons. The Hall–Kier alpha value is -0.990. The molecule has 4 rings (SSSR count). The largest absolute Gasteiger partial charge is 0.434 e. The van der Waals surface area contributed by atoms with Crippen LogP contribution in [0.25, 0.3) is 0 Å². The fraction of sp³-hybridized carbons (Fsp3) is 0.938. The van der Waals surface area contributed by atoms with E-state index in [1.165, 1.54) is 0 Å². The van der Waals surface area contributed by atoms with Crippen LogP contribution in [0, 0.1) is 23.2 Å². The van der Waals surface area contributed by atoms with Crippen molar-refractivity contribution in [3.05, 3.63) is 0 Å². The standard InChI is InChI=1S/C16H22F6N2O/c1-9(25)24-14(15(17,18)19,16(20,21)22)23-8-13-5-10-2-11(6-13)4-12(3-10)7-13/h10-12,23H,2-8H2,1H3,(H,24,25). The van der Waals surface area contributed by atoms with Gasteiger partial charge in [0, 0.05) is 13.5 Å². The molecule has 4 aliphatic carbocycles. The maximum atomic E-state index is 13.4. The van der Waals surface area contributed by atoms with Crippen molar-refractivity contribution in [1.29, 1.82) is 0 Å². The molecule has 0 aliphatic heterocycles. The normalized spacial score (nSPS) is 35.1. The summed E-state index contributed by atoms with van der Waals surface area (Å²) >= 11 is 0. The van der Waals surface area contributed by atoms with Gasteiger partial charge in [-0.25, -0.2) is 0 Å². The van der Waals surface area contributed by atoms with E-state index in [0.717, 1.165) is 24.6 Å². The van der Waals surface area contributed by atoms with Crippen molar-refractivity contribution in [1.82, 2.24) is 10.6 Å². The molecule has 0 aromatic heterocycles. The first-order valence-corrected chi connectivity index (χ1v) is 8.53. The van der Waals surface area contributed by atoms with Crippen LogP contribution in [0.1, 0.15) is 45.4 Å². The number of halogens is 6. The Morgan fingerprint density at radius 2 is 1.32 bits per heavy atom. The fourth-order valence-corrected chi connectivity index (χ4v) is 5.64. The highest BCUT2D eigenvalue weighted by atomic mass is 19.4. The van der Waals surface area contributed by atoms with E-state index in [4.69, 9.17) is 0 Å². The minimum atomic E-state index is -5.70. The van der Waals surface area contributed by atoms with E-state index in [2.05, 4.69) is 0 Å². The molecule has 0 unspecified atom stereocenters. The molecule has 0 heterocycles. The zero-order valence-electron chi connectivity index (χ0n) is 13.9. The van der Waals surface area contributed by atoms with E-state index in [-0.39, 0.29) is 0 Å². The first-order valence-electron chi connectivity index (χ1n) is 8.53. The molecule has 4 saturated carbocycles. The molecule has 0 saturated heterocycles. The van der Waals surface area contributed by atoms with Crippen LogP contribution in [-0.2, 0) is 4.79 Å². The highest BCUT2D eigenvalue weighted by molar-refractivity contribution is 5.74. The first kappa shape index (κ1) is 18.8. The Bertz CT molecular complexity index is 492. The van der Waals surface area contributed by atoms with Gasteiger partial charge in [0.2, 0.25) is 5.91 Å². The zero-order valence-corrected chi connectivity index (χ0v) is 13.9. The number of carbonyl (C=O) groups excluding carboxylic acids is 1. The average Bonchev–Trinajstić information content (AvgIpc) is 2.38. The number of nitrogens with one attached hydrogen (secondary N) is 2. The third-order valence-electron chi connectivity index (χ3n) is 6.11. The molecule has 2 N–H and O–H groups in total. The second kappa shape index (κ2) is 5.76. The molecule has 0 aromatic carbocycles. The van der Waals surface area contributed by atoms with Gasteiger partial charge in [0.05, 0.1) is 0 Å². The van der Waals surface area contributed by atoms with Crippen LogP contribution in [0.3, 0.4) is 0 Å². The molecule has 9 heteroatoms. The van der Waals surface area contributed by atoms with E-state index in [1.54, 1.807) is 5.32 Å². The Balaban J connectivity index is 1.85. The average molecular weight is 372 g/mol. The summed E-state index contributed by atoms with van der Waals surface area (Å²) < 4.78 is 80.4. The highest BCUT2D eigenvalue weighted by Gasteiger charge is 2.72. The summed E-state index contributed by atoms with van der Waals surface area (Å²) in [5.74, 6) is -0.173. The number of alkyl halides is 6. The summed E-state index contributed by atoms with van der Waals surface area (Å²) in [6, 6.07) is 0. The number of rotatable bonds is 4. The molecule has 4 aliphatic rings. The number of carbonyl (C=O) groups is 1. The number of amides is 1. The van der Waals surface area contributed by atoms with Crippen molar-refractivity contribution < 1.29 is 31.1 Å². The second-order valence-electron chi connectivity index (χ2n) is 8.20. The topological polar surface area (TPSA) is 41.1 Å². The molecule has 0 spiro atoms. The van der Waals surface area contributed by atoms with Crippen LogP contribution in [0.2, 0.25) is 0 Å². The van der Waals surface area contributed by atoms with Gasteiger partial charge in [-0.2, -0.15) is 26.3 Å². The van der Waals surface area contributed by atoms with Crippen molar-refractivity contribution in [2.45, 2.75) is 63.5 Å². The van der Waals surface area contributed by atoms with E-state index < -0.39 is 35.9 Å². The van der Waals surface area contributed by atoms with Crippen LogP contribution < -0.4 is 10.6 Å². The van der Waals surface area contributed by atoms with Gasteiger partial charge in [-0.15, -0.1) is 0 Å². The third kappa shape index (κ3) is 3.24. The molecule has 25 heavy (non-hydrogen) atoms. The molecule has 3 nitrogen and oxygen atoms in total. The summed E-state index contributed by atoms with van der Waals surface area (Å²) in [5.41, 5.74) is -4.94. The fourth-order valence-electron chi connectivity index (χ4n) is 5.64. The molecule has 0 atom stereocenters. The molecular formula is C16H22F6N2O.